The van der Waals surface area contributed by atoms with Crippen LogP contribution in [-0.4, -0.2) is 22.5 Å². The monoisotopic (exact) mass is 396 g/mol. The lowest BCUT2D eigenvalue weighted by Crippen LogP contribution is -2.47. The third-order valence-corrected chi connectivity index (χ3v) is 4.10. The van der Waals surface area contributed by atoms with E-state index in [4.69, 9.17) is 4.74 Å². The van der Waals surface area contributed by atoms with Crippen LogP contribution < -0.4 is 0 Å². The number of hydrogen-bond donors (Lipinski definition) is 0. The Hall–Kier alpha value is -1.74. The molecule has 1 heterocycles. The standard InChI is InChI=1S/C14H13IN4O2/c1-2-21-13(20)14(9-3-4-9,10(5-16)6-17)12-18-7-11(15)8-19-12/h7-10H,2-4H2,1H3. The topological polar surface area (TPSA) is 99.7 Å². The number of esters is 1. The summed E-state index contributed by atoms with van der Waals surface area (Å²) < 4.78 is 5.97. The van der Waals surface area contributed by atoms with Crippen molar-refractivity contribution in [1.82, 2.24) is 9.97 Å². The summed E-state index contributed by atoms with van der Waals surface area (Å²) in [5, 5.41) is 18.7. The van der Waals surface area contributed by atoms with Crippen LogP contribution in [0.5, 0.6) is 0 Å². The number of halogens is 1. The summed E-state index contributed by atoms with van der Waals surface area (Å²) in [5.74, 6) is -1.66. The lowest BCUT2D eigenvalue weighted by Gasteiger charge is -2.30. The van der Waals surface area contributed by atoms with Gasteiger partial charge in [0.15, 0.2) is 11.3 Å². The van der Waals surface area contributed by atoms with E-state index in [1.807, 2.05) is 12.1 Å². The van der Waals surface area contributed by atoms with E-state index in [0.29, 0.717) is 0 Å². The normalized spacial score (nSPS) is 16.6. The van der Waals surface area contributed by atoms with Crippen LogP contribution in [0.3, 0.4) is 0 Å². The minimum Gasteiger partial charge on any atom is -0.465 e. The summed E-state index contributed by atoms with van der Waals surface area (Å²) in [4.78, 5) is 21.0. The molecular weight excluding hydrogens is 383 g/mol. The smallest absolute Gasteiger partial charge is 0.322 e. The number of carbonyl (C=O) groups is 1. The van der Waals surface area contributed by atoms with Gasteiger partial charge in [-0.05, 0) is 48.3 Å². The van der Waals surface area contributed by atoms with Gasteiger partial charge in [0.25, 0.3) is 0 Å². The number of hydrogen-bond acceptors (Lipinski definition) is 6. The molecule has 1 fully saturated rings. The molecule has 0 bridgehead atoms. The van der Waals surface area contributed by atoms with Gasteiger partial charge in [0.2, 0.25) is 0 Å². The molecule has 0 aliphatic heterocycles. The third-order valence-electron chi connectivity index (χ3n) is 3.54. The maximum atomic E-state index is 12.6. The summed E-state index contributed by atoms with van der Waals surface area (Å²) in [5.41, 5.74) is -1.39. The Morgan fingerprint density at radius 1 is 1.48 bits per heavy atom. The van der Waals surface area contributed by atoms with Gasteiger partial charge in [0, 0.05) is 16.0 Å². The van der Waals surface area contributed by atoms with Crippen LogP contribution in [0.15, 0.2) is 12.4 Å². The van der Waals surface area contributed by atoms with E-state index in [9.17, 15) is 15.3 Å². The number of aromatic nitrogens is 2. The Balaban J connectivity index is 2.61. The van der Waals surface area contributed by atoms with Crippen molar-refractivity contribution >= 4 is 28.6 Å². The van der Waals surface area contributed by atoms with Crippen molar-refractivity contribution in [3.05, 3.63) is 21.8 Å². The Morgan fingerprint density at radius 2 is 2.05 bits per heavy atom. The zero-order chi connectivity index (χ0) is 15.5. The molecule has 6 nitrogen and oxygen atoms in total. The van der Waals surface area contributed by atoms with Crippen molar-refractivity contribution in [3.8, 4) is 12.1 Å². The van der Waals surface area contributed by atoms with Crippen molar-refractivity contribution in [2.24, 2.45) is 11.8 Å². The summed E-state index contributed by atoms with van der Waals surface area (Å²) in [7, 11) is 0. The number of nitrogens with zero attached hydrogens (tertiary/aromatic N) is 4. The van der Waals surface area contributed by atoms with Crippen molar-refractivity contribution in [3.63, 3.8) is 0 Å². The second kappa shape index (κ2) is 6.35. The fraction of sp³-hybridized carbons (Fsp3) is 0.500. The molecule has 1 aromatic heterocycles. The van der Waals surface area contributed by atoms with Gasteiger partial charge in [-0.1, -0.05) is 0 Å². The highest BCUT2D eigenvalue weighted by atomic mass is 127. The zero-order valence-electron chi connectivity index (χ0n) is 11.4. The van der Waals surface area contributed by atoms with Gasteiger partial charge in [-0.2, -0.15) is 10.5 Å². The molecule has 1 aromatic rings. The van der Waals surface area contributed by atoms with Crippen LogP contribution in [0.1, 0.15) is 25.6 Å². The maximum absolute atomic E-state index is 12.6. The van der Waals surface area contributed by atoms with Crippen LogP contribution in [0.4, 0.5) is 0 Å². The lowest BCUT2D eigenvalue weighted by molar-refractivity contribution is -0.152. The first-order chi connectivity index (χ1) is 10.1. The molecule has 7 heteroatoms. The molecular formula is C14H13IN4O2. The number of nitriles is 2. The van der Waals surface area contributed by atoms with Gasteiger partial charge in [-0.15, -0.1) is 0 Å². The summed E-state index contributed by atoms with van der Waals surface area (Å²) in [6.45, 7) is 1.87. The van der Waals surface area contributed by atoms with Crippen molar-refractivity contribution in [2.45, 2.75) is 25.2 Å². The highest BCUT2D eigenvalue weighted by molar-refractivity contribution is 14.1. The molecule has 1 aliphatic carbocycles. The minimum atomic E-state index is -1.39. The Bertz CT molecular complexity index is 601. The number of carbonyl (C=O) groups excluding carboxylic acids is 1. The second-order valence-corrected chi connectivity index (χ2v) is 6.03. The van der Waals surface area contributed by atoms with Gasteiger partial charge in [-0.25, -0.2) is 9.97 Å². The second-order valence-electron chi connectivity index (χ2n) is 4.78. The largest absolute Gasteiger partial charge is 0.465 e. The highest BCUT2D eigenvalue weighted by Gasteiger charge is 2.61. The van der Waals surface area contributed by atoms with Gasteiger partial charge < -0.3 is 4.74 Å². The van der Waals surface area contributed by atoms with Crippen LogP contribution in [0.25, 0.3) is 0 Å². The van der Waals surface area contributed by atoms with Gasteiger partial charge >= 0.3 is 5.97 Å². The molecule has 1 atom stereocenters. The fourth-order valence-corrected chi connectivity index (χ4v) is 2.75. The van der Waals surface area contributed by atoms with Gasteiger partial charge in [-0.3, -0.25) is 4.79 Å². The molecule has 0 N–H and O–H groups in total. The Labute approximate surface area is 136 Å². The van der Waals surface area contributed by atoms with E-state index in [-0.39, 0.29) is 18.3 Å². The molecule has 0 saturated heterocycles. The molecule has 1 saturated carbocycles. The fourth-order valence-electron chi connectivity index (χ4n) is 2.47. The first-order valence-electron chi connectivity index (χ1n) is 6.55. The summed E-state index contributed by atoms with van der Waals surface area (Å²) in [6, 6.07) is 3.85. The minimum absolute atomic E-state index is 0.124. The van der Waals surface area contributed by atoms with Crippen molar-refractivity contribution in [1.29, 1.82) is 10.5 Å². The predicted molar refractivity (Wildman–Crippen MR) is 80.5 cm³/mol. The average molecular weight is 396 g/mol. The molecule has 21 heavy (non-hydrogen) atoms. The molecule has 108 valence electrons. The highest BCUT2D eigenvalue weighted by Crippen LogP contribution is 2.51. The van der Waals surface area contributed by atoms with E-state index in [2.05, 4.69) is 32.6 Å². The van der Waals surface area contributed by atoms with Gasteiger partial charge in [0.05, 0.1) is 18.7 Å². The van der Waals surface area contributed by atoms with Crippen LogP contribution in [-0.2, 0) is 14.9 Å². The zero-order valence-corrected chi connectivity index (χ0v) is 13.6. The Kier molecular flexibility index (Phi) is 4.73. The van der Waals surface area contributed by atoms with E-state index < -0.39 is 17.3 Å². The van der Waals surface area contributed by atoms with Crippen molar-refractivity contribution < 1.29 is 9.53 Å². The molecule has 0 radical (unpaired) electrons. The third kappa shape index (κ3) is 2.70. The first kappa shape index (κ1) is 15.6. The SMILES string of the molecule is CCOC(=O)C(c1ncc(I)cn1)(C(C#N)C#N)C1CC1. The van der Waals surface area contributed by atoms with Gasteiger partial charge in [0.1, 0.15) is 5.82 Å². The predicted octanol–water partition coefficient (Wildman–Crippen LogP) is 1.96. The maximum Gasteiger partial charge on any atom is 0.322 e. The van der Waals surface area contributed by atoms with E-state index in [1.165, 1.54) is 0 Å². The van der Waals surface area contributed by atoms with E-state index >= 15 is 0 Å². The molecule has 2 rings (SSSR count). The average Bonchev–Trinajstić information content (AvgIpc) is 3.31. The summed E-state index contributed by atoms with van der Waals surface area (Å²) >= 11 is 2.06. The van der Waals surface area contributed by atoms with Crippen LogP contribution in [0.2, 0.25) is 0 Å². The molecule has 0 spiro atoms. The van der Waals surface area contributed by atoms with E-state index in [0.717, 1.165) is 16.4 Å². The van der Waals surface area contributed by atoms with Crippen LogP contribution in [0, 0.1) is 38.1 Å². The molecule has 0 amide bonds. The number of rotatable bonds is 5. The van der Waals surface area contributed by atoms with Crippen LogP contribution >= 0.6 is 22.6 Å². The lowest BCUT2D eigenvalue weighted by atomic mass is 9.71. The van der Waals surface area contributed by atoms with E-state index in [1.54, 1.807) is 19.3 Å². The molecule has 1 unspecified atom stereocenters. The molecule has 0 aromatic carbocycles. The summed E-state index contributed by atoms with van der Waals surface area (Å²) in [6.07, 6.45) is 4.66. The van der Waals surface area contributed by atoms with Crippen molar-refractivity contribution in [2.75, 3.05) is 6.61 Å². The quantitative estimate of drug-likeness (QED) is 0.557. The first-order valence-corrected chi connectivity index (χ1v) is 7.63. The molecule has 1 aliphatic rings. The number of ether oxygens (including phenoxy) is 1. The Morgan fingerprint density at radius 3 is 2.48 bits per heavy atom.